The van der Waals surface area contributed by atoms with E-state index in [1.807, 2.05) is 20.8 Å². The fourth-order valence-electron chi connectivity index (χ4n) is 1.28. The maximum Gasteiger partial charge on any atom is 0.309 e. The van der Waals surface area contributed by atoms with Crippen LogP contribution in [-0.4, -0.2) is 21.4 Å². The molecule has 6 heteroatoms. The third-order valence-electron chi connectivity index (χ3n) is 2.07. The Morgan fingerprint density at radius 2 is 2.25 bits per heavy atom. The molecule has 0 radical (unpaired) electrons. The minimum absolute atomic E-state index is 0.00516. The highest BCUT2D eigenvalue weighted by molar-refractivity contribution is 5.39. The number of hydrogen-bond donors (Lipinski definition) is 1. The average Bonchev–Trinajstić information content (AvgIpc) is 2.25. The molecule has 1 aromatic rings. The Morgan fingerprint density at radius 3 is 2.75 bits per heavy atom. The molecule has 0 spiro atoms. The molecule has 0 aliphatic carbocycles. The first-order chi connectivity index (χ1) is 7.56. The zero-order valence-corrected chi connectivity index (χ0v) is 9.73. The molecule has 0 atom stereocenters. The van der Waals surface area contributed by atoms with Crippen molar-refractivity contribution in [1.29, 1.82) is 0 Å². The van der Waals surface area contributed by atoms with Crippen LogP contribution in [0.1, 0.15) is 38.8 Å². The summed E-state index contributed by atoms with van der Waals surface area (Å²) in [6.07, 6.45) is 2.22. The quantitative estimate of drug-likeness (QED) is 0.613. The summed E-state index contributed by atoms with van der Waals surface area (Å²) in [4.78, 5) is 18.4. The first kappa shape index (κ1) is 12.4. The predicted molar refractivity (Wildman–Crippen MR) is 61.6 cm³/mol. The second-order valence-electron chi connectivity index (χ2n) is 3.80. The molecule has 16 heavy (non-hydrogen) atoms. The lowest BCUT2D eigenvalue weighted by atomic mass is 10.1. The van der Waals surface area contributed by atoms with Crippen molar-refractivity contribution in [3.8, 4) is 0 Å². The molecule has 0 saturated carbocycles. The lowest BCUT2D eigenvalue weighted by Gasteiger charge is -2.08. The van der Waals surface area contributed by atoms with E-state index in [0.29, 0.717) is 11.6 Å². The van der Waals surface area contributed by atoms with Gasteiger partial charge in [-0.3, -0.25) is 10.1 Å². The van der Waals surface area contributed by atoms with Crippen molar-refractivity contribution in [2.75, 3.05) is 11.9 Å². The Morgan fingerprint density at radius 1 is 1.56 bits per heavy atom. The predicted octanol–water partition coefficient (Wildman–Crippen LogP) is 2.33. The average molecular weight is 224 g/mol. The minimum atomic E-state index is -0.446. The monoisotopic (exact) mass is 224 g/mol. The van der Waals surface area contributed by atoms with Gasteiger partial charge in [-0.1, -0.05) is 20.8 Å². The highest BCUT2D eigenvalue weighted by Gasteiger charge is 2.19. The summed E-state index contributed by atoms with van der Waals surface area (Å²) in [6, 6.07) is 0. The van der Waals surface area contributed by atoms with Crippen LogP contribution in [0.25, 0.3) is 0 Å². The van der Waals surface area contributed by atoms with Gasteiger partial charge in [0.05, 0.1) is 4.92 Å². The maximum atomic E-state index is 10.8. The third kappa shape index (κ3) is 2.88. The van der Waals surface area contributed by atoms with Gasteiger partial charge in [0.2, 0.25) is 5.95 Å². The van der Waals surface area contributed by atoms with Crippen molar-refractivity contribution in [2.24, 2.45) is 0 Å². The lowest BCUT2D eigenvalue weighted by molar-refractivity contribution is -0.386. The molecule has 0 amide bonds. The topological polar surface area (TPSA) is 81.0 Å². The van der Waals surface area contributed by atoms with E-state index in [-0.39, 0.29) is 11.6 Å². The van der Waals surface area contributed by atoms with E-state index < -0.39 is 4.92 Å². The van der Waals surface area contributed by atoms with Crippen LogP contribution in [-0.2, 0) is 0 Å². The van der Waals surface area contributed by atoms with Gasteiger partial charge in [0.1, 0.15) is 11.9 Å². The molecule has 0 aromatic carbocycles. The van der Waals surface area contributed by atoms with Gasteiger partial charge in [0, 0.05) is 12.5 Å². The molecule has 0 aliphatic rings. The largest absolute Gasteiger partial charge is 0.354 e. The minimum Gasteiger partial charge on any atom is -0.354 e. The summed E-state index contributed by atoms with van der Waals surface area (Å²) in [5, 5.41) is 13.8. The highest BCUT2D eigenvalue weighted by Crippen LogP contribution is 2.24. The van der Waals surface area contributed by atoms with Crippen LogP contribution in [0.4, 0.5) is 11.6 Å². The van der Waals surface area contributed by atoms with E-state index in [1.165, 1.54) is 6.20 Å². The van der Waals surface area contributed by atoms with Crippen LogP contribution in [0.5, 0.6) is 0 Å². The molecule has 0 aliphatic heterocycles. The third-order valence-corrected chi connectivity index (χ3v) is 2.07. The van der Waals surface area contributed by atoms with Gasteiger partial charge in [-0.25, -0.2) is 9.97 Å². The highest BCUT2D eigenvalue weighted by atomic mass is 16.6. The number of nitro groups is 1. The molecule has 0 unspecified atom stereocenters. The maximum absolute atomic E-state index is 10.8. The SMILES string of the molecule is CCCNc1ncc([N+](=O)[O-])c(C(C)C)n1. The molecule has 1 N–H and O–H groups in total. The fraction of sp³-hybridized carbons (Fsp3) is 0.600. The zero-order valence-electron chi connectivity index (χ0n) is 9.73. The summed E-state index contributed by atoms with van der Waals surface area (Å²) >= 11 is 0. The number of nitrogens with one attached hydrogen (secondary N) is 1. The summed E-state index contributed by atoms with van der Waals surface area (Å²) in [7, 11) is 0. The standard InChI is InChI=1S/C10H16N4O2/c1-4-5-11-10-12-6-8(14(15)16)9(13-10)7(2)3/h6-7H,4-5H2,1-3H3,(H,11,12,13). The summed E-state index contributed by atoms with van der Waals surface area (Å²) < 4.78 is 0. The van der Waals surface area contributed by atoms with E-state index >= 15 is 0 Å². The Labute approximate surface area is 94.3 Å². The van der Waals surface area contributed by atoms with Crippen LogP contribution < -0.4 is 5.32 Å². The van der Waals surface area contributed by atoms with Gasteiger partial charge < -0.3 is 5.32 Å². The Hall–Kier alpha value is -1.72. The number of nitrogens with zero attached hydrogens (tertiary/aromatic N) is 3. The Kier molecular flexibility index (Phi) is 4.16. The second kappa shape index (κ2) is 5.39. The van der Waals surface area contributed by atoms with Crippen molar-refractivity contribution in [1.82, 2.24) is 9.97 Å². The second-order valence-corrected chi connectivity index (χ2v) is 3.80. The van der Waals surface area contributed by atoms with Crippen molar-refractivity contribution in [2.45, 2.75) is 33.1 Å². The van der Waals surface area contributed by atoms with Crippen LogP contribution in [0, 0.1) is 10.1 Å². The van der Waals surface area contributed by atoms with E-state index in [0.717, 1.165) is 13.0 Å². The normalized spacial score (nSPS) is 10.5. The van der Waals surface area contributed by atoms with Crippen molar-refractivity contribution < 1.29 is 4.92 Å². The van der Waals surface area contributed by atoms with Gasteiger partial charge in [-0.15, -0.1) is 0 Å². The fourth-order valence-corrected chi connectivity index (χ4v) is 1.28. The van der Waals surface area contributed by atoms with Crippen LogP contribution in [0.3, 0.4) is 0 Å². The number of anilines is 1. The Balaban J connectivity index is 3.02. The number of hydrogen-bond acceptors (Lipinski definition) is 5. The van der Waals surface area contributed by atoms with E-state index in [1.54, 1.807) is 0 Å². The number of rotatable bonds is 5. The molecule has 0 fully saturated rings. The van der Waals surface area contributed by atoms with Crippen molar-refractivity contribution in [3.05, 3.63) is 22.0 Å². The van der Waals surface area contributed by atoms with Gasteiger partial charge >= 0.3 is 5.69 Å². The number of aromatic nitrogens is 2. The van der Waals surface area contributed by atoms with Gasteiger partial charge in [-0.05, 0) is 6.42 Å². The summed E-state index contributed by atoms with van der Waals surface area (Å²) in [5.41, 5.74) is 0.454. The molecule has 1 heterocycles. The van der Waals surface area contributed by atoms with E-state index in [9.17, 15) is 10.1 Å². The summed E-state index contributed by atoms with van der Waals surface area (Å²) in [5.74, 6) is 0.460. The van der Waals surface area contributed by atoms with E-state index in [4.69, 9.17) is 0 Å². The molecular formula is C10H16N4O2. The van der Waals surface area contributed by atoms with Gasteiger partial charge in [0.15, 0.2) is 0 Å². The zero-order chi connectivity index (χ0) is 12.1. The molecular weight excluding hydrogens is 208 g/mol. The van der Waals surface area contributed by atoms with Crippen molar-refractivity contribution in [3.63, 3.8) is 0 Å². The smallest absolute Gasteiger partial charge is 0.309 e. The molecule has 1 aromatic heterocycles. The molecule has 1 rings (SSSR count). The van der Waals surface area contributed by atoms with Crippen LogP contribution in [0.2, 0.25) is 0 Å². The van der Waals surface area contributed by atoms with E-state index in [2.05, 4.69) is 15.3 Å². The van der Waals surface area contributed by atoms with Crippen LogP contribution >= 0.6 is 0 Å². The van der Waals surface area contributed by atoms with Gasteiger partial charge in [-0.2, -0.15) is 0 Å². The van der Waals surface area contributed by atoms with Crippen LogP contribution in [0.15, 0.2) is 6.20 Å². The Bertz CT molecular complexity index is 379. The first-order valence-electron chi connectivity index (χ1n) is 5.31. The van der Waals surface area contributed by atoms with Crippen molar-refractivity contribution >= 4 is 11.6 Å². The first-order valence-corrected chi connectivity index (χ1v) is 5.31. The summed E-state index contributed by atoms with van der Waals surface area (Å²) in [6.45, 7) is 6.54. The lowest BCUT2D eigenvalue weighted by Crippen LogP contribution is -2.08. The van der Waals surface area contributed by atoms with Gasteiger partial charge in [0.25, 0.3) is 0 Å². The molecule has 6 nitrogen and oxygen atoms in total. The molecule has 0 saturated heterocycles. The molecule has 88 valence electrons. The molecule has 0 bridgehead atoms.